The molecular weight excluding hydrogens is 516 g/mol. The van der Waals surface area contributed by atoms with E-state index in [4.69, 9.17) is 17.0 Å². The number of hydrogen-bond donors (Lipinski definition) is 0. The van der Waals surface area contributed by atoms with Crippen LogP contribution in [-0.2, 0) is 20.7 Å². The average Bonchev–Trinajstić information content (AvgIpc) is 3.21. The number of carbonyl (C=O) groups excluding carboxylic acids is 3. The van der Waals surface area contributed by atoms with Gasteiger partial charge in [-0.2, -0.15) is 0 Å². The Bertz CT molecular complexity index is 1170. The van der Waals surface area contributed by atoms with Crippen LogP contribution in [0.3, 0.4) is 0 Å². The van der Waals surface area contributed by atoms with Crippen molar-refractivity contribution in [2.24, 2.45) is 5.92 Å². The minimum atomic E-state index is -0.395. The highest BCUT2D eigenvalue weighted by molar-refractivity contribution is 8.26. The van der Waals surface area contributed by atoms with E-state index in [0.29, 0.717) is 33.7 Å². The number of piperidine rings is 1. The van der Waals surface area contributed by atoms with Gasteiger partial charge in [0.05, 0.1) is 17.6 Å². The van der Waals surface area contributed by atoms with E-state index in [0.717, 1.165) is 57.2 Å². The molecule has 0 N–H and O–H groups in total. The Hall–Kier alpha value is -2.97. The second-order valence-electron chi connectivity index (χ2n) is 9.77. The highest BCUT2D eigenvalue weighted by Crippen LogP contribution is 2.33. The third kappa shape index (κ3) is 7.54. The van der Waals surface area contributed by atoms with Gasteiger partial charge in [0.1, 0.15) is 4.32 Å². The summed E-state index contributed by atoms with van der Waals surface area (Å²) in [4.78, 5) is 41.4. The van der Waals surface area contributed by atoms with E-state index in [2.05, 4.69) is 24.3 Å². The molecule has 0 radical (unpaired) electrons. The third-order valence-electron chi connectivity index (χ3n) is 7.11. The van der Waals surface area contributed by atoms with Crippen molar-refractivity contribution in [3.05, 3.63) is 76.2 Å². The molecule has 2 aromatic carbocycles. The van der Waals surface area contributed by atoms with Crippen LogP contribution in [0.15, 0.2) is 59.5 Å². The molecule has 0 atom stereocenters. The van der Waals surface area contributed by atoms with E-state index in [9.17, 15) is 14.4 Å². The van der Waals surface area contributed by atoms with Crippen LogP contribution in [0.1, 0.15) is 60.0 Å². The lowest BCUT2D eigenvalue weighted by atomic mass is 9.90. The van der Waals surface area contributed by atoms with Gasteiger partial charge in [0.25, 0.3) is 5.91 Å². The van der Waals surface area contributed by atoms with Crippen molar-refractivity contribution in [1.82, 2.24) is 9.80 Å². The van der Waals surface area contributed by atoms with Crippen LogP contribution in [0, 0.1) is 5.92 Å². The van der Waals surface area contributed by atoms with Gasteiger partial charge in [-0.1, -0.05) is 72.9 Å². The predicted octanol–water partition coefficient (Wildman–Crippen LogP) is 5.72. The molecule has 0 aliphatic carbocycles. The van der Waals surface area contributed by atoms with E-state index in [1.54, 1.807) is 35.2 Å². The summed E-state index contributed by atoms with van der Waals surface area (Å²) >= 11 is 6.74. The maximum Gasteiger partial charge on any atom is 0.337 e. The molecule has 0 aromatic heterocycles. The number of benzene rings is 2. The molecule has 2 aliphatic heterocycles. The molecule has 2 heterocycles. The zero-order valence-electron chi connectivity index (χ0n) is 21.8. The van der Waals surface area contributed by atoms with Crippen molar-refractivity contribution in [1.29, 1.82) is 0 Å². The smallest absolute Gasteiger partial charge is 0.337 e. The summed E-state index contributed by atoms with van der Waals surface area (Å²) < 4.78 is 5.28. The summed E-state index contributed by atoms with van der Waals surface area (Å²) in [5.74, 6) is 0.411. The largest absolute Gasteiger partial charge is 0.465 e. The van der Waals surface area contributed by atoms with Gasteiger partial charge in [-0.15, -0.1) is 0 Å². The Balaban J connectivity index is 1.15. The molecular formula is C30H34N2O4S2. The minimum Gasteiger partial charge on any atom is -0.465 e. The second-order valence-corrected chi connectivity index (χ2v) is 11.4. The highest BCUT2D eigenvalue weighted by atomic mass is 32.2. The summed E-state index contributed by atoms with van der Waals surface area (Å²) in [6, 6.07) is 17.5. The van der Waals surface area contributed by atoms with Crippen molar-refractivity contribution in [2.75, 3.05) is 26.7 Å². The molecule has 0 unspecified atom stereocenters. The number of ether oxygens (including phenoxy) is 1. The monoisotopic (exact) mass is 550 g/mol. The number of unbranched alkanes of at least 4 members (excludes halogenated alkanes) is 2. The summed E-state index contributed by atoms with van der Waals surface area (Å²) in [6.45, 7) is 2.26. The topological polar surface area (TPSA) is 66.9 Å². The standard InChI is InChI=1S/C30H34N2O4S2/c1-36-29(35)25-13-11-23(12-14-25)21-26-28(34)32(30(37)38-26)17-7-3-6-10-27(33)31-18-15-24(16-19-31)20-22-8-4-2-5-9-22/h2,4-5,8-9,11-14,21,24H,3,6-7,10,15-20H2,1H3/b26-21-. The lowest BCUT2D eigenvalue weighted by Gasteiger charge is -2.32. The van der Waals surface area contributed by atoms with Crippen molar-refractivity contribution in [2.45, 2.75) is 44.9 Å². The number of nitrogens with zero attached hydrogens (tertiary/aromatic N) is 2. The summed E-state index contributed by atoms with van der Waals surface area (Å²) in [6.07, 6.45) is 8.08. The first-order chi connectivity index (χ1) is 18.4. The van der Waals surface area contributed by atoms with E-state index in [-0.39, 0.29) is 11.8 Å². The second kappa shape index (κ2) is 13.7. The van der Waals surface area contributed by atoms with Crippen molar-refractivity contribution < 1.29 is 19.1 Å². The number of hydrogen-bond acceptors (Lipinski definition) is 6. The molecule has 2 aliphatic rings. The van der Waals surface area contributed by atoms with Crippen molar-refractivity contribution in [3.63, 3.8) is 0 Å². The molecule has 2 saturated heterocycles. The van der Waals surface area contributed by atoms with Gasteiger partial charge in [0, 0.05) is 26.1 Å². The van der Waals surface area contributed by atoms with Gasteiger partial charge in [-0.05, 0) is 67.4 Å². The number of thiocarbonyl (C=S) groups is 1. The Labute approximate surface area is 234 Å². The fourth-order valence-corrected chi connectivity index (χ4v) is 6.20. The quantitative estimate of drug-likeness (QED) is 0.163. The number of likely N-dealkylation sites (tertiary alicyclic amines) is 1. The Morgan fingerprint density at radius 3 is 2.42 bits per heavy atom. The van der Waals surface area contributed by atoms with E-state index in [1.165, 1.54) is 24.4 Å². The predicted molar refractivity (Wildman–Crippen MR) is 156 cm³/mol. The zero-order chi connectivity index (χ0) is 26.9. The molecule has 2 amide bonds. The van der Waals surface area contributed by atoms with Crippen LogP contribution in [-0.4, -0.2) is 58.6 Å². The lowest BCUT2D eigenvalue weighted by molar-refractivity contribution is -0.132. The van der Waals surface area contributed by atoms with Gasteiger partial charge >= 0.3 is 5.97 Å². The molecule has 4 rings (SSSR count). The fourth-order valence-electron chi connectivity index (χ4n) is 4.89. The maximum absolute atomic E-state index is 12.9. The molecule has 6 nitrogen and oxygen atoms in total. The highest BCUT2D eigenvalue weighted by Gasteiger charge is 2.31. The SMILES string of the molecule is COC(=O)c1ccc(/C=C2\SC(=S)N(CCCCCC(=O)N3CCC(Cc4ccccc4)CC3)C2=O)cc1. The van der Waals surface area contributed by atoms with Crippen LogP contribution in [0.5, 0.6) is 0 Å². The Kier molecular flexibility index (Phi) is 10.1. The number of carbonyl (C=O) groups is 3. The van der Waals surface area contributed by atoms with Crippen LogP contribution in [0.2, 0.25) is 0 Å². The zero-order valence-corrected chi connectivity index (χ0v) is 23.4. The van der Waals surface area contributed by atoms with Gasteiger partial charge in [0.2, 0.25) is 5.91 Å². The molecule has 8 heteroatoms. The number of thioether (sulfide) groups is 1. The minimum absolute atomic E-state index is 0.0912. The van der Waals surface area contributed by atoms with Gasteiger partial charge in [-0.25, -0.2) is 4.79 Å². The van der Waals surface area contributed by atoms with Crippen LogP contribution in [0.25, 0.3) is 6.08 Å². The summed E-state index contributed by atoms with van der Waals surface area (Å²) in [7, 11) is 1.34. The fraction of sp³-hybridized carbons (Fsp3) is 0.400. The number of esters is 1. The lowest BCUT2D eigenvalue weighted by Crippen LogP contribution is -2.38. The molecule has 2 aromatic rings. The first-order valence-electron chi connectivity index (χ1n) is 13.2. The summed E-state index contributed by atoms with van der Waals surface area (Å²) in [5, 5.41) is 0. The number of amides is 2. The summed E-state index contributed by atoms with van der Waals surface area (Å²) in [5.41, 5.74) is 2.66. The third-order valence-corrected chi connectivity index (χ3v) is 8.49. The first kappa shape index (κ1) is 28.0. The number of rotatable bonds is 10. The number of methoxy groups -OCH3 is 1. The molecule has 0 spiro atoms. The van der Waals surface area contributed by atoms with Crippen LogP contribution >= 0.6 is 24.0 Å². The average molecular weight is 551 g/mol. The van der Waals surface area contributed by atoms with Gasteiger partial charge < -0.3 is 9.64 Å². The first-order valence-corrected chi connectivity index (χ1v) is 14.4. The van der Waals surface area contributed by atoms with Crippen molar-refractivity contribution in [3.8, 4) is 0 Å². The van der Waals surface area contributed by atoms with E-state index >= 15 is 0 Å². The van der Waals surface area contributed by atoms with E-state index < -0.39 is 5.97 Å². The van der Waals surface area contributed by atoms with E-state index in [1.807, 2.05) is 11.0 Å². The molecule has 0 bridgehead atoms. The maximum atomic E-state index is 12.9. The molecule has 38 heavy (non-hydrogen) atoms. The van der Waals surface area contributed by atoms with Crippen LogP contribution in [0.4, 0.5) is 0 Å². The molecule has 2 fully saturated rings. The molecule has 0 saturated carbocycles. The normalized spacial score (nSPS) is 17.3. The van der Waals surface area contributed by atoms with Crippen molar-refractivity contribution >= 4 is 52.2 Å². The molecule has 200 valence electrons. The Morgan fingerprint density at radius 1 is 1.03 bits per heavy atom. The van der Waals surface area contributed by atoms with Gasteiger partial charge in [-0.3, -0.25) is 14.5 Å². The van der Waals surface area contributed by atoms with Gasteiger partial charge in [0.15, 0.2) is 0 Å². The van der Waals surface area contributed by atoms with Crippen LogP contribution < -0.4 is 0 Å². The Morgan fingerprint density at radius 2 is 1.74 bits per heavy atom.